The molecule has 2 saturated carbocycles. The minimum Gasteiger partial charge on any atom is -0.461 e. The number of carbonyl (C=O) groups is 8. The molecular weight excluding hydrogens is 1330 g/mol. The number of hydrogen-bond donors (Lipinski definition) is 4. The quantitative estimate of drug-likeness (QED) is 0.0173. The Labute approximate surface area is 614 Å². The SMILES string of the molecule is CCCCCc1ccc(-c2cc3cn(CO[C@H](COC(=O)C(NC(=O)C4CCCC4C(=O)C(NC(=O)OCC4c5ccccc5-c5ccccc54)C(C)C)C(C)C)C(C)OC(=O)C(NC(=O)C4CCCC4C(=O)C(NC(=O)OCC4c5ccccc5-c5ccccc54)C(C)C)C(C)C)c(=O)nc3o2)cc1. The molecule has 105 heavy (non-hydrogen) atoms. The molecule has 4 N–H and O–H groups in total. The number of fused-ring (bicyclic) bond motifs is 7. The molecule has 5 aromatic carbocycles. The number of furan rings is 1. The van der Waals surface area contributed by atoms with Gasteiger partial charge in [-0.1, -0.05) is 209 Å². The van der Waals surface area contributed by atoms with Crippen LogP contribution in [-0.4, -0.2) is 113 Å². The van der Waals surface area contributed by atoms with Gasteiger partial charge in [-0.2, -0.15) is 4.98 Å². The van der Waals surface area contributed by atoms with E-state index in [0.29, 0.717) is 49.7 Å². The van der Waals surface area contributed by atoms with E-state index in [-0.39, 0.29) is 54.2 Å². The topological polar surface area (TPSA) is 279 Å². The summed E-state index contributed by atoms with van der Waals surface area (Å²) in [5, 5.41) is 11.9. The van der Waals surface area contributed by atoms with E-state index in [9.17, 15) is 43.2 Å². The smallest absolute Gasteiger partial charge is 0.407 e. The van der Waals surface area contributed by atoms with Crippen LogP contribution in [0.5, 0.6) is 0 Å². The first kappa shape index (κ1) is 76.4. The van der Waals surface area contributed by atoms with Crippen molar-refractivity contribution in [2.45, 2.75) is 188 Å². The number of carbonyl (C=O) groups excluding carboxylic acids is 8. The number of aromatic nitrogens is 2. The van der Waals surface area contributed by atoms with Gasteiger partial charge in [-0.3, -0.25) is 23.7 Å². The van der Waals surface area contributed by atoms with Crippen molar-refractivity contribution in [1.29, 1.82) is 0 Å². The van der Waals surface area contributed by atoms with E-state index in [2.05, 4.69) is 45.3 Å². The minimum absolute atomic E-state index is 0.0496. The van der Waals surface area contributed by atoms with Gasteiger partial charge in [0.25, 0.3) is 0 Å². The lowest BCUT2D eigenvalue weighted by Crippen LogP contribution is -2.52. The molecule has 2 fully saturated rings. The third-order valence-corrected chi connectivity index (χ3v) is 21.5. The Hall–Kier alpha value is -9.76. The number of ketones is 2. The van der Waals surface area contributed by atoms with Gasteiger partial charge in [0.05, 0.1) is 17.5 Å². The monoisotopic (exact) mass is 1430 g/mol. The fourth-order valence-electron chi connectivity index (χ4n) is 15.6. The van der Waals surface area contributed by atoms with Crippen molar-refractivity contribution in [2.24, 2.45) is 47.3 Å². The van der Waals surface area contributed by atoms with Gasteiger partial charge in [-0.25, -0.2) is 24.0 Å². The predicted octanol–water partition coefficient (Wildman–Crippen LogP) is 13.6. The van der Waals surface area contributed by atoms with Gasteiger partial charge in [0.1, 0.15) is 56.6 Å². The number of rotatable bonds is 32. The maximum absolute atomic E-state index is 14.6. The first-order valence-corrected chi connectivity index (χ1v) is 37.5. The molecule has 0 bridgehead atoms. The van der Waals surface area contributed by atoms with Crippen LogP contribution in [0.4, 0.5) is 9.59 Å². The minimum atomic E-state index is -1.29. The number of aryl methyl sites for hydroxylation is 1. The molecule has 0 spiro atoms. The Morgan fingerprint density at radius 3 is 1.41 bits per heavy atom. The molecule has 9 unspecified atom stereocenters. The molecule has 556 valence electrons. The van der Waals surface area contributed by atoms with Crippen molar-refractivity contribution >= 4 is 58.6 Å². The van der Waals surface area contributed by atoms with Gasteiger partial charge >= 0.3 is 29.8 Å². The molecule has 0 aliphatic heterocycles. The van der Waals surface area contributed by atoms with Crippen LogP contribution >= 0.6 is 0 Å². The summed E-state index contributed by atoms with van der Waals surface area (Å²) in [6, 6.07) is 37.3. The molecule has 4 aliphatic rings. The average molecular weight is 1430 g/mol. The van der Waals surface area contributed by atoms with Crippen molar-refractivity contribution < 1.29 is 66.5 Å². The van der Waals surface area contributed by atoms with Gasteiger partial charge in [0, 0.05) is 47.3 Å². The lowest BCUT2D eigenvalue weighted by Gasteiger charge is -2.30. The van der Waals surface area contributed by atoms with Gasteiger partial charge < -0.3 is 49.4 Å². The number of hydrogen-bond acceptors (Lipinski definition) is 16. The van der Waals surface area contributed by atoms with Gasteiger partial charge in [0.2, 0.25) is 17.5 Å². The summed E-state index contributed by atoms with van der Waals surface area (Å²) in [6.45, 7) is 16.9. The zero-order valence-electron chi connectivity index (χ0n) is 61.9. The number of ether oxygens (including phenoxy) is 5. The second-order valence-corrected chi connectivity index (χ2v) is 30.1. The molecule has 7 aromatic rings. The lowest BCUT2D eigenvalue weighted by molar-refractivity contribution is -0.172. The molecule has 0 radical (unpaired) electrons. The highest BCUT2D eigenvalue weighted by atomic mass is 16.6. The van der Waals surface area contributed by atoms with Crippen molar-refractivity contribution in [3.8, 4) is 33.6 Å². The van der Waals surface area contributed by atoms with Crippen molar-refractivity contribution in [1.82, 2.24) is 30.8 Å². The first-order chi connectivity index (χ1) is 50.5. The van der Waals surface area contributed by atoms with Gasteiger partial charge in [-0.05, 0) is 125 Å². The molecule has 10 atom stereocenters. The number of amides is 4. The number of nitrogens with one attached hydrogen (secondary N) is 4. The van der Waals surface area contributed by atoms with E-state index in [1.165, 1.54) is 23.3 Å². The summed E-state index contributed by atoms with van der Waals surface area (Å²) < 4.78 is 37.5. The number of nitrogens with zero attached hydrogens (tertiary/aromatic N) is 2. The standard InChI is InChI=1S/C84H100N6O15/c1-11-12-13-24-52-37-39-53(40-38-52)69-41-54-42-90(82(97)89-79(54)105-69)46-103-70(45-100-80(95)73(49(6)7)85-77(93)65-35-22-33-63(65)75(91)71(47(2)3)87-83(98)101-43-67-59-29-18-14-25-55(59)56-26-15-19-30-60(56)67)51(10)104-81(96)74(50(8)9)86-78(94)66-36-23-34-64(66)76(92)72(48(4)5)88-84(99)102-44-68-61-31-20-16-27-57(61)58-28-17-21-32-62(58)68/h14-21,25-32,37-42,47-51,63-68,70-74H,11-13,22-24,33-36,43-46H2,1-10H3,(H,85,93)(H,86,94)(H,87,98)(H,88,99)/t51?,63?,64?,65?,66?,70-,71?,72?,73?,74?/m1/s1. The fraction of sp³-hybridized carbons (Fsp3) is 0.476. The van der Waals surface area contributed by atoms with Crippen molar-refractivity contribution in [2.75, 3.05) is 19.8 Å². The number of unbranched alkanes of at least 4 members (excludes halogenated alkanes) is 2. The summed E-state index contributed by atoms with van der Waals surface area (Å²) in [4.78, 5) is 132. The zero-order chi connectivity index (χ0) is 74.8. The maximum atomic E-state index is 14.6. The molecule has 2 heterocycles. The molecule has 0 saturated heterocycles. The molecule has 2 aromatic heterocycles. The first-order valence-electron chi connectivity index (χ1n) is 37.5. The number of esters is 2. The van der Waals surface area contributed by atoms with E-state index < -0.39 is 127 Å². The Bertz CT molecular complexity index is 4260. The number of alkyl carbamates (subject to hydrolysis) is 2. The Morgan fingerprint density at radius 1 is 0.524 bits per heavy atom. The molecule has 11 rings (SSSR count). The highest BCUT2D eigenvalue weighted by molar-refractivity contribution is 5.97. The summed E-state index contributed by atoms with van der Waals surface area (Å²) in [7, 11) is 0. The lowest BCUT2D eigenvalue weighted by atomic mass is 9.84. The molecular formula is C84H100N6O15. The van der Waals surface area contributed by atoms with Crippen molar-refractivity contribution in [3.05, 3.63) is 172 Å². The van der Waals surface area contributed by atoms with Crippen LogP contribution in [0.1, 0.15) is 167 Å². The fourth-order valence-corrected chi connectivity index (χ4v) is 15.6. The largest absolute Gasteiger partial charge is 0.461 e. The van der Waals surface area contributed by atoms with E-state index in [4.69, 9.17) is 28.1 Å². The summed E-state index contributed by atoms with van der Waals surface area (Å²) >= 11 is 0. The van der Waals surface area contributed by atoms with Crippen LogP contribution in [0.15, 0.2) is 143 Å². The second kappa shape index (κ2) is 34.4. The third kappa shape index (κ3) is 17.6. The number of Topliss-reactive ketones (excluding diaryl/α,β-unsaturated/α-hetero) is 2. The van der Waals surface area contributed by atoms with Crippen LogP contribution in [0.2, 0.25) is 0 Å². The van der Waals surface area contributed by atoms with Gasteiger partial charge in [-0.15, -0.1) is 0 Å². The summed E-state index contributed by atoms with van der Waals surface area (Å²) in [5.41, 5.74) is 9.85. The van der Waals surface area contributed by atoms with Crippen molar-refractivity contribution in [3.63, 3.8) is 0 Å². The van der Waals surface area contributed by atoms with Crippen LogP contribution in [0.3, 0.4) is 0 Å². The highest BCUT2D eigenvalue weighted by Gasteiger charge is 2.46. The van der Waals surface area contributed by atoms with E-state index >= 15 is 0 Å². The predicted molar refractivity (Wildman–Crippen MR) is 397 cm³/mol. The normalized spacial score (nSPS) is 18.5. The van der Waals surface area contributed by atoms with Crippen LogP contribution in [0.25, 0.3) is 44.7 Å². The van der Waals surface area contributed by atoms with Gasteiger partial charge in [0.15, 0.2) is 11.6 Å². The summed E-state index contributed by atoms with van der Waals surface area (Å²) in [6.07, 6.45) is 4.34. The molecule has 4 aliphatic carbocycles. The maximum Gasteiger partial charge on any atom is 0.407 e. The Morgan fingerprint density at radius 2 is 0.962 bits per heavy atom. The third-order valence-electron chi connectivity index (χ3n) is 21.5. The average Bonchev–Trinajstić information content (AvgIpc) is 1.67. The van der Waals surface area contributed by atoms with E-state index in [1.807, 2.05) is 137 Å². The Kier molecular flexibility index (Phi) is 25.0. The Balaban J connectivity index is 0.748. The second-order valence-electron chi connectivity index (χ2n) is 30.1. The highest BCUT2D eigenvalue weighted by Crippen LogP contribution is 2.46. The number of benzene rings is 5. The van der Waals surface area contributed by atoms with E-state index in [1.54, 1.807) is 33.8 Å². The molecule has 4 amide bonds. The van der Waals surface area contributed by atoms with Crippen LogP contribution in [-0.2, 0) is 65.6 Å². The van der Waals surface area contributed by atoms with Crippen LogP contribution < -0.4 is 27.0 Å². The summed E-state index contributed by atoms with van der Waals surface area (Å²) in [5.74, 6) is -8.38. The molecule has 21 nitrogen and oxygen atoms in total. The van der Waals surface area contributed by atoms with E-state index in [0.717, 1.165) is 75.8 Å². The zero-order valence-corrected chi connectivity index (χ0v) is 61.9. The molecule has 21 heteroatoms. The van der Waals surface area contributed by atoms with Crippen LogP contribution in [0, 0.1) is 47.3 Å².